The van der Waals surface area contributed by atoms with Gasteiger partial charge in [0.25, 0.3) is 5.91 Å². The van der Waals surface area contributed by atoms with Crippen LogP contribution in [0, 0.1) is 0 Å². The van der Waals surface area contributed by atoms with Gasteiger partial charge in [-0.3, -0.25) is 4.79 Å². The van der Waals surface area contributed by atoms with E-state index in [2.05, 4.69) is 37.2 Å². The summed E-state index contributed by atoms with van der Waals surface area (Å²) in [5.74, 6) is 0.323. The van der Waals surface area contributed by atoms with Crippen molar-refractivity contribution in [2.24, 2.45) is 0 Å². The van der Waals surface area contributed by atoms with Crippen LogP contribution in [0.25, 0.3) is 0 Å². The van der Waals surface area contributed by atoms with Crippen molar-refractivity contribution < 1.29 is 4.79 Å². The van der Waals surface area contributed by atoms with Gasteiger partial charge in [0, 0.05) is 12.4 Å². The number of hydrogen-bond donors (Lipinski definition) is 1. The van der Waals surface area contributed by atoms with E-state index in [1.54, 1.807) is 6.07 Å². The molecule has 0 saturated heterocycles. The molecule has 1 amide bonds. The maximum Gasteiger partial charge on any atom is 0.253 e. The number of carbonyl (C=O) groups is 1. The average molecular weight is 347 g/mol. The molecule has 0 unspecified atom stereocenters. The summed E-state index contributed by atoms with van der Waals surface area (Å²) >= 11 is 13.5. The Labute approximate surface area is 102 Å². The second kappa shape index (κ2) is 5.34. The zero-order valence-corrected chi connectivity index (χ0v) is 11.2. The Morgan fingerprint density at radius 3 is 2.77 bits per heavy atom. The monoisotopic (exact) mass is 345 g/mol. The van der Waals surface area contributed by atoms with Crippen LogP contribution in [0.15, 0.2) is 13.6 Å². The Balaban J connectivity index is 2.70. The SMILES string of the molecule is O=C(NCCCl)c1cc(Br)sc1Br. The van der Waals surface area contributed by atoms with E-state index in [1.807, 2.05) is 0 Å². The van der Waals surface area contributed by atoms with Gasteiger partial charge in [-0.05, 0) is 37.9 Å². The van der Waals surface area contributed by atoms with Crippen LogP contribution >= 0.6 is 54.8 Å². The van der Waals surface area contributed by atoms with Gasteiger partial charge in [-0.15, -0.1) is 22.9 Å². The number of carbonyl (C=O) groups excluding carboxylic acids is 1. The Bertz CT molecular complexity index is 315. The largest absolute Gasteiger partial charge is 0.351 e. The molecule has 0 saturated carbocycles. The Kier molecular flexibility index (Phi) is 4.72. The molecule has 0 radical (unpaired) electrons. The molecule has 0 atom stereocenters. The van der Waals surface area contributed by atoms with Crippen LogP contribution in [-0.4, -0.2) is 18.3 Å². The molecule has 0 aromatic carbocycles. The summed E-state index contributed by atoms with van der Waals surface area (Å²) in [4.78, 5) is 11.4. The third kappa shape index (κ3) is 3.23. The highest BCUT2D eigenvalue weighted by Crippen LogP contribution is 2.31. The predicted octanol–water partition coefficient (Wildman–Crippen LogP) is 3.24. The molecule has 72 valence electrons. The van der Waals surface area contributed by atoms with Crippen LogP contribution < -0.4 is 5.32 Å². The number of amides is 1. The number of hydrogen-bond acceptors (Lipinski definition) is 2. The molecule has 1 aromatic rings. The number of alkyl halides is 1. The quantitative estimate of drug-likeness (QED) is 0.836. The molecule has 1 heterocycles. The fourth-order valence-corrected chi connectivity index (χ4v) is 3.64. The van der Waals surface area contributed by atoms with Gasteiger partial charge in [0.2, 0.25) is 0 Å². The Hall–Kier alpha value is 0.420. The van der Waals surface area contributed by atoms with Crippen LogP contribution in [-0.2, 0) is 0 Å². The average Bonchev–Trinajstić information content (AvgIpc) is 2.41. The fourth-order valence-electron chi connectivity index (χ4n) is 0.751. The lowest BCUT2D eigenvalue weighted by Gasteiger charge is -1.99. The summed E-state index contributed by atoms with van der Waals surface area (Å²) in [6.45, 7) is 0.486. The van der Waals surface area contributed by atoms with Crippen LogP contribution in [0.4, 0.5) is 0 Å². The van der Waals surface area contributed by atoms with E-state index in [0.29, 0.717) is 18.0 Å². The second-order valence-corrected chi connectivity index (χ2v) is 6.31. The summed E-state index contributed by atoms with van der Waals surface area (Å²) in [5.41, 5.74) is 0.641. The first-order valence-electron chi connectivity index (χ1n) is 3.44. The van der Waals surface area contributed by atoms with Crippen LogP contribution in [0.5, 0.6) is 0 Å². The lowest BCUT2D eigenvalue weighted by atomic mass is 10.3. The van der Waals surface area contributed by atoms with Crippen molar-refractivity contribution in [1.82, 2.24) is 5.32 Å². The van der Waals surface area contributed by atoms with Crippen molar-refractivity contribution in [3.8, 4) is 0 Å². The third-order valence-electron chi connectivity index (χ3n) is 1.28. The van der Waals surface area contributed by atoms with E-state index >= 15 is 0 Å². The Morgan fingerprint density at radius 2 is 2.31 bits per heavy atom. The van der Waals surface area contributed by atoms with Crippen molar-refractivity contribution in [1.29, 1.82) is 0 Å². The number of halogens is 3. The third-order valence-corrected chi connectivity index (χ3v) is 3.81. The normalized spacial score (nSPS) is 10.1. The van der Waals surface area contributed by atoms with Gasteiger partial charge in [-0.25, -0.2) is 0 Å². The molecule has 0 aliphatic heterocycles. The maximum absolute atomic E-state index is 11.4. The first-order valence-corrected chi connectivity index (χ1v) is 6.38. The molecule has 1 rings (SSSR count). The van der Waals surface area contributed by atoms with Gasteiger partial charge in [-0.1, -0.05) is 0 Å². The minimum Gasteiger partial charge on any atom is -0.351 e. The van der Waals surface area contributed by atoms with Crippen molar-refractivity contribution in [3.63, 3.8) is 0 Å². The van der Waals surface area contributed by atoms with Crippen molar-refractivity contribution >= 4 is 60.7 Å². The standard InChI is InChI=1S/C7H6Br2ClNOS/c8-5-3-4(6(9)13-5)7(12)11-2-1-10/h3H,1-2H2,(H,11,12). The summed E-state index contributed by atoms with van der Waals surface area (Å²) < 4.78 is 1.75. The molecule has 1 aromatic heterocycles. The molecular weight excluding hydrogens is 341 g/mol. The van der Waals surface area contributed by atoms with Gasteiger partial charge in [-0.2, -0.15) is 0 Å². The summed E-state index contributed by atoms with van der Waals surface area (Å²) in [6, 6.07) is 1.78. The lowest BCUT2D eigenvalue weighted by Crippen LogP contribution is -2.24. The molecule has 2 nitrogen and oxygen atoms in total. The molecule has 0 bridgehead atoms. The van der Waals surface area contributed by atoms with Crippen molar-refractivity contribution in [2.45, 2.75) is 0 Å². The topological polar surface area (TPSA) is 29.1 Å². The van der Waals surface area contributed by atoms with Gasteiger partial charge < -0.3 is 5.32 Å². The maximum atomic E-state index is 11.4. The smallest absolute Gasteiger partial charge is 0.253 e. The minimum atomic E-state index is -0.102. The van der Waals surface area contributed by atoms with E-state index in [-0.39, 0.29) is 5.91 Å². The van der Waals surface area contributed by atoms with Crippen LogP contribution in [0.1, 0.15) is 10.4 Å². The summed E-state index contributed by atoms with van der Waals surface area (Å²) in [5, 5.41) is 2.69. The molecule has 0 aliphatic rings. The second-order valence-electron chi connectivity index (χ2n) is 2.18. The number of rotatable bonds is 3. The zero-order valence-electron chi connectivity index (χ0n) is 6.44. The Morgan fingerprint density at radius 1 is 1.62 bits per heavy atom. The van der Waals surface area contributed by atoms with Gasteiger partial charge >= 0.3 is 0 Å². The van der Waals surface area contributed by atoms with Crippen LogP contribution in [0.2, 0.25) is 0 Å². The minimum absolute atomic E-state index is 0.102. The fraction of sp³-hybridized carbons (Fsp3) is 0.286. The highest BCUT2D eigenvalue weighted by Gasteiger charge is 2.12. The van der Waals surface area contributed by atoms with Gasteiger partial charge in [0.15, 0.2) is 0 Å². The first kappa shape index (κ1) is 11.5. The molecule has 1 N–H and O–H groups in total. The number of nitrogens with one attached hydrogen (secondary N) is 1. The van der Waals surface area contributed by atoms with E-state index in [0.717, 1.165) is 7.57 Å². The molecule has 0 aliphatic carbocycles. The van der Waals surface area contributed by atoms with E-state index < -0.39 is 0 Å². The molecular formula is C7H6Br2ClNOS. The molecule has 6 heteroatoms. The molecule has 13 heavy (non-hydrogen) atoms. The van der Waals surface area contributed by atoms with Crippen LogP contribution in [0.3, 0.4) is 0 Å². The highest BCUT2D eigenvalue weighted by molar-refractivity contribution is 9.12. The van der Waals surface area contributed by atoms with E-state index in [1.165, 1.54) is 11.3 Å². The van der Waals surface area contributed by atoms with Crippen molar-refractivity contribution in [2.75, 3.05) is 12.4 Å². The number of thiophene rings is 1. The highest BCUT2D eigenvalue weighted by atomic mass is 79.9. The van der Waals surface area contributed by atoms with E-state index in [4.69, 9.17) is 11.6 Å². The van der Waals surface area contributed by atoms with Gasteiger partial charge in [0.05, 0.1) is 13.1 Å². The summed E-state index contributed by atoms with van der Waals surface area (Å²) in [7, 11) is 0. The van der Waals surface area contributed by atoms with E-state index in [9.17, 15) is 4.79 Å². The van der Waals surface area contributed by atoms with Gasteiger partial charge in [0.1, 0.15) is 0 Å². The predicted molar refractivity (Wildman–Crippen MR) is 62.8 cm³/mol. The van der Waals surface area contributed by atoms with Crippen molar-refractivity contribution in [3.05, 3.63) is 19.2 Å². The lowest BCUT2D eigenvalue weighted by molar-refractivity contribution is 0.0956. The molecule has 0 fully saturated rings. The zero-order chi connectivity index (χ0) is 9.84. The summed E-state index contributed by atoms with van der Waals surface area (Å²) in [6.07, 6.45) is 0. The molecule has 0 spiro atoms. The first-order chi connectivity index (χ1) is 6.15.